The van der Waals surface area contributed by atoms with Crippen LogP contribution in [0.15, 0.2) is 77.7 Å². The number of hydrogen-bond donors (Lipinski definition) is 1. The number of anilines is 1. The monoisotopic (exact) mass is 631 g/mol. The molecule has 8 nitrogen and oxygen atoms in total. The number of sulfonamides is 1. The number of carbonyl (C=O) groups excluding carboxylic acids is 2. The van der Waals surface area contributed by atoms with Gasteiger partial charge in [0.2, 0.25) is 11.8 Å². The lowest BCUT2D eigenvalue weighted by Crippen LogP contribution is -2.53. The molecule has 1 fully saturated rings. The van der Waals surface area contributed by atoms with Gasteiger partial charge in [-0.25, -0.2) is 8.42 Å². The van der Waals surface area contributed by atoms with Gasteiger partial charge >= 0.3 is 0 Å². The number of hydrogen-bond acceptors (Lipinski definition) is 5. The van der Waals surface area contributed by atoms with E-state index >= 15 is 0 Å². The minimum Gasteiger partial charge on any atom is -0.497 e. The maximum Gasteiger partial charge on any atom is 0.264 e. The molecule has 1 saturated carbocycles. The first-order valence-electron chi connectivity index (χ1n) is 13.9. The molecular formula is C31H35Cl2N3O5S. The average Bonchev–Trinajstić information content (AvgIpc) is 3.00. The van der Waals surface area contributed by atoms with Gasteiger partial charge < -0.3 is 15.0 Å². The molecule has 1 aliphatic rings. The minimum absolute atomic E-state index is 0.0173. The van der Waals surface area contributed by atoms with Crippen LogP contribution in [0.4, 0.5) is 5.69 Å². The highest BCUT2D eigenvalue weighted by atomic mass is 35.5. The van der Waals surface area contributed by atoms with Crippen molar-refractivity contribution >= 4 is 50.7 Å². The molecule has 0 bridgehead atoms. The highest BCUT2D eigenvalue weighted by Gasteiger charge is 2.34. The number of nitrogens with zero attached hydrogens (tertiary/aromatic N) is 2. The molecule has 1 N–H and O–H groups in total. The van der Waals surface area contributed by atoms with Crippen molar-refractivity contribution in [2.75, 3.05) is 18.0 Å². The van der Waals surface area contributed by atoms with E-state index in [1.54, 1.807) is 50.4 Å². The van der Waals surface area contributed by atoms with Crippen LogP contribution in [0.3, 0.4) is 0 Å². The topological polar surface area (TPSA) is 96.0 Å². The summed E-state index contributed by atoms with van der Waals surface area (Å²) < 4.78 is 34.1. The molecule has 0 aromatic heterocycles. The summed E-state index contributed by atoms with van der Waals surface area (Å²) in [5, 5.41) is 3.45. The fourth-order valence-corrected chi connectivity index (χ4v) is 6.91. The van der Waals surface area contributed by atoms with E-state index in [4.69, 9.17) is 27.9 Å². The van der Waals surface area contributed by atoms with Gasteiger partial charge in [-0.1, -0.05) is 72.8 Å². The summed E-state index contributed by atoms with van der Waals surface area (Å²) >= 11 is 12.7. The van der Waals surface area contributed by atoms with Crippen molar-refractivity contribution in [3.8, 4) is 5.75 Å². The van der Waals surface area contributed by atoms with Crippen LogP contribution in [-0.4, -0.2) is 50.9 Å². The Balaban J connectivity index is 1.71. The molecule has 11 heteroatoms. The Morgan fingerprint density at radius 2 is 1.69 bits per heavy atom. The third-order valence-electron chi connectivity index (χ3n) is 7.39. The number of methoxy groups -OCH3 is 1. The molecule has 4 rings (SSSR count). The van der Waals surface area contributed by atoms with Gasteiger partial charge in [-0.05, 0) is 67.8 Å². The zero-order valence-corrected chi connectivity index (χ0v) is 26.0. The Morgan fingerprint density at radius 3 is 2.38 bits per heavy atom. The molecule has 0 aliphatic heterocycles. The predicted molar refractivity (Wildman–Crippen MR) is 165 cm³/mol. The van der Waals surface area contributed by atoms with Crippen molar-refractivity contribution in [3.05, 3.63) is 88.4 Å². The molecule has 0 unspecified atom stereocenters. The van der Waals surface area contributed by atoms with Gasteiger partial charge in [0.15, 0.2) is 0 Å². The smallest absolute Gasteiger partial charge is 0.264 e. The molecule has 3 aromatic rings. The van der Waals surface area contributed by atoms with E-state index in [2.05, 4.69) is 5.32 Å². The Kier molecular flexibility index (Phi) is 10.8. The Bertz CT molecular complexity index is 1500. The van der Waals surface area contributed by atoms with E-state index in [-0.39, 0.29) is 39.1 Å². The number of nitrogens with one attached hydrogen (secondary N) is 1. The standard InChI is InChI=1S/C31H35Cl2N3O5S/c1-22(31(38)34-25-11-5-3-6-12-25)35(20-23-10-9-13-26(18-23)41-2)30(37)21-36(29-19-24(32)16-17-28(29)33)42(39,40)27-14-7-4-8-15-27/h4,7-10,13-19,22,25H,3,5-6,11-12,20-21H2,1-2H3,(H,34,38)/t22-/m1/s1. The highest BCUT2D eigenvalue weighted by molar-refractivity contribution is 7.92. The third-order valence-corrected chi connectivity index (χ3v) is 9.72. The molecule has 0 heterocycles. The van der Waals surface area contributed by atoms with E-state index in [1.807, 2.05) is 6.07 Å². The molecule has 224 valence electrons. The van der Waals surface area contributed by atoms with Gasteiger partial charge in [0.05, 0.1) is 22.7 Å². The van der Waals surface area contributed by atoms with Crippen molar-refractivity contribution in [2.24, 2.45) is 0 Å². The lowest BCUT2D eigenvalue weighted by Gasteiger charge is -2.33. The van der Waals surface area contributed by atoms with Gasteiger partial charge in [0.1, 0.15) is 18.3 Å². The quantitative estimate of drug-likeness (QED) is 0.277. The molecular weight excluding hydrogens is 597 g/mol. The summed E-state index contributed by atoms with van der Waals surface area (Å²) in [6.45, 7) is 1.10. The number of rotatable bonds is 11. The van der Waals surface area contributed by atoms with Crippen molar-refractivity contribution in [3.63, 3.8) is 0 Å². The number of amides is 2. The lowest BCUT2D eigenvalue weighted by molar-refractivity contribution is -0.139. The summed E-state index contributed by atoms with van der Waals surface area (Å²) in [6.07, 6.45) is 4.99. The van der Waals surface area contributed by atoms with Gasteiger partial charge in [-0.3, -0.25) is 13.9 Å². The summed E-state index contributed by atoms with van der Waals surface area (Å²) in [7, 11) is -2.71. The third kappa shape index (κ3) is 7.76. The van der Waals surface area contributed by atoms with Crippen LogP contribution < -0.4 is 14.4 Å². The van der Waals surface area contributed by atoms with Crippen molar-refractivity contribution < 1.29 is 22.7 Å². The van der Waals surface area contributed by atoms with Crippen LogP contribution in [0.1, 0.15) is 44.6 Å². The van der Waals surface area contributed by atoms with Gasteiger partial charge in [-0.15, -0.1) is 0 Å². The van der Waals surface area contributed by atoms with Crippen LogP contribution in [0, 0.1) is 0 Å². The maximum absolute atomic E-state index is 14.1. The van der Waals surface area contributed by atoms with Crippen LogP contribution >= 0.6 is 23.2 Å². The van der Waals surface area contributed by atoms with Crippen molar-refractivity contribution in [2.45, 2.75) is 62.6 Å². The predicted octanol–water partition coefficient (Wildman–Crippen LogP) is 6.06. The maximum atomic E-state index is 14.1. The van der Waals surface area contributed by atoms with E-state index < -0.39 is 28.5 Å². The first kappa shape index (κ1) is 31.7. The minimum atomic E-state index is -4.25. The highest BCUT2D eigenvalue weighted by Crippen LogP contribution is 2.33. The first-order chi connectivity index (χ1) is 20.1. The zero-order valence-electron chi connectivity index (χ0n) is 23.6. The molecule has 1 atom stereocenters. The van der Waals surface area contributed by atoms with Crippen LogP contribution in [0.2, 0.25) is 10.0 Å². The molecule has 0 spiro atoms. The number of carbonyl (C=O) groups is 2. The van der Waals surface area contributed by atoms with Gasteiger partial charge in [-0.2, -0.15) is 0 Å². The molecule has 3 aromatic carbocycles. The van der Waals surface area contributed by atoms with Gasteiger partial charge in [0.25, 0.3) is 10.0 Å². The van der Waals surface area contributed by atoms with Crippen LogP contribution in [0.5, 0.6) is 5.75 Å². The number of halogens is 2. The largest absolute Gasteiger partial charge is 0.497 e. The van der Waals surface area contributed by atoms with Crippen LogP contribution in [0.25, 0.3) is 0 Å². The normalized spacial score (nSPS) is 14.6. The van der Waals surface area contributed by atoms with E-state index in [0.717, 1.165) is 42.0 Å². The summed E-state index contributed by atoms with van der Waals surface area (Å²) in [6, 6.07) is 18.5. The Hall–Kier alpha value is -3.27. The summed E-state index contributed by atoms with van der Waals surface area (Å²) in [5.74, 6) is -0.283. The second-order valence-electron chi connectivity index (χ2n) is 10.3. The van der Waals surface area contributed by atoms with Crippen molar-refractivity contribution in [1.82, 2.24) is 10.2 Å². The Labute approximate surface area is 257 Å². The second kappa shape index (κ2) is 14.3. The number of benzene rings is 3. The molecule has 42 heavy (non-hydrogen) atoms. The average molecular weight is 633 g/mol. The first-order valence-corrected chi connectivity index (χ1v) is 16.1. The van der Waals surface area contributed by atoms with E-state index in [0.29, 0.717) is 5.75 Å². The molecule has 1 aliphatic carbocycles. The lowest BCUT2D eigenvalue weighted by atomic mass is 9.95. The Morgan fingerprint density at radius 1 is 0.976 bits per heavy atom. The zero-order chi connectivity index (χ0) is 30.3. The van der Waals surface area contributed by atoms with Gasteiger partial charge in [0, 0.05) is 17.6 Å². The fourth-order valence-electron chi connectivity index (χ4n) is 5.03. The van der Waals surface area contributed by atoms with Crippen molar-refractivity contribution in [1.29, 1.82) is 0 Å². The molecule has 0 radical (unpaired) electrons. The molecule has 2 amide bonds. The second-order valence-corrected chi connectivity index (χ2v) is 13.0. The van der Waals surface area contributed by atoms with E-state index in [9.17, 15) is 18.0 Å². The van der Waals surface area contributed by atoms with E-state index in [1.165, 1.54) is 35.2 Å². The summed E-state index contributed by atoms with van der Waals surface area (Å²) in [5.41, 5.74) is 0.778. The summed E-state index contributed by atoms with van der Waals surface area (Å²) in [4.78, 5) is 28.9. The molecule has 0 saturated heterocycles. The SMILES string of the molecule is COc1cccc(CN(C(=O)CN(c2cc(Cl)ccc2Cl)S(=O)(=O)c2ccccc2)[C@H](C)C(=O)NC2CCCCC2)c1. The number of ether oxygens (including phenoxy) is 1. The van der Waals surface area contributed by atoms with Crippen LogP contribution in [-0.2, 0) is 26.2 Å². The fraction of sp³-hybridized carbons (Fsp3) is 0.355.